The monoisotopic (exact) mass is 312 g/mol. The number of rotatable bonds is 2. The van der Waals surface area contributed by atoms with Gasteiger partial charge in [0.25, 0.3) is 0 Å². The number of esters is 1. The average Bonchev–Trinajstić information content (AvgIpc) is 2.79. The molecule has 0 unspecified atom stereocenters. The fourth-order valence-corrected chi connectivity index (χ4v) is 2.18. The summed E-state index contributed by atoms with van der Waals surface area (Å²) in [5, 5.41) is 38.2. The van der Waals surface area contributed by atoms with E-state index in [0.29, 0.717) is 11.1 Å². The number of aliphatic hydroxyl groups excluding tert-OH is 1. The van der Waals surface area contributed by atoms with Crippen molar-refractivity contribution in [3.63, 3.8) is 0 Å². The zero-order chi connectivity index (χ0) is 16.6. The Hall–Kier alpha value is -3.41. The summed E-state index contributed by atoms with van der Waals surface area (Å²) in [6, 6.07) is 9.78. The van der Waals surface area contributed by atoms with E-state index in [0.717, 1.165) is 0 Å². The van der Waals surface area contributed by atoms with E-state index in [1.165, 1.54) is 48.5 Å². The number of ether oxygens (including phenoxy) is 1. The van der Waals surface area contributed by atoms with E-state index in [1.54, 1.807) is 0 Å². The van der Waals surface area contributed by atoms with Crippen LogP contribution in [0.1, 0.15) is 11.1 Å². The Morgan fingerprint density at radius 3 is 2.22 bits per heavy atom. The zero-order valence-corrected chi connectivity index (χ0v) is 11.7. The van der Waals surface area contributed by atoms with Gasteiger partial charge in [-0.2, -0.15) is 0 Å². The Bertz CT molecular complexity index is 846. The van der Waals surface area contributed by atoms with Gasteiger partial charge < -0.3 is 25.2 Å². The minimum atomic E-state index is -0.720. The van der Waals surface area contributed by atoms with Crippen LogP contribution in [-0.2, 0) is 9.53 Å². The molecule has 6 nitrogen and oxygen atoms in total. The second-order valence-electron chi connectivity index (χ2n) is 4.92. The molecule has 0 saturated heterocycles. The molecule has 0 spiro atoms. The first-order chi connectivity index (χ1) is 11.0. The number of carbonyl (C=O) groups is 1. The van der Waals surface area contributed by atoms with E-state index in [9.17, 15) is 25.2 Å². The number of hydrogen-bond donors (Lipinski definition) is 4. The quantitative estimate of drug-likeness (QED) is 0.501. The highest BCUT2D eigenvalue weighted by Gasteiger charge is 2.31. The summed E-state index contributed by atoms with van der Waals surface area (Å²) in [6.45, 7) is 0. The van der Waals surface area contributed by atoms with Gasteiger partial charge in [-0.15, -0.1) is 0 Å². The van der Waals surface area contributed by atoms with E-state index in [4.69, 9.17) is 4.74 Å². The van der Waals surface area contributed by atoms with Crippen molar-refractivity contribution in [1.29, 1.82) is 0 Å². The summed E-state index contributed by atoms with van der Waals surface area (Å²) in [6.07, 6.45) is 1.36. The number of aromatic hydroxyl groups is 3. The fraction of sp³-hybridized carbons (Fsp3) is 0. The van der Waals surface area contributed by atoms with Crippen molar-refractivity contribution in [2.45, 2.75) is 0 Å². The summed E-state index contributed by atoms with van der Waals surface area (Å²) >= 11 is 0. The van der Waals surface area contributed by atoms with Crippen molar-refractivity contribution in [1.82, 2.24) is 0 Å². The number of phenols is 3. The van der Waals surface area contributed by atoms with Gasteiger partial charge >= 0.3 is 5.97 Å². The lowest BCUT2D eigenvalue weighted by molar-refractivity contribution is -0.131. The molecule has 0 atom stereocenters. The molecule has 0 aliphatic carbocycles. The normalized spacial score (nSPS) is 16.0. The lowest BCUT2D eigenvalue weighted by atomic mass is 10.0. The van der Waals surface area contributed by atoms with Crippen molar-refractivity contribution in [2.24, 2.45) is 0 Å². The summed E-state index contributed by atoms with van der Waals surface area (Å²) < 4.78 is 5.04. The Balaban J connectivity index is 2.02. The van der Waals surface area contributed by atoms with Crippen LogP contribution < -0.4 is 0 Å². The van der Waals surface area contributed by atoms with E-state index >= 15 is 0 Å². The molecule has 0 aromatic heterocycles. The van der Waals surface area contributed by atoms with Crippen molar-refractivity contribution < 1.29 is 30.0 Å². The van der Waals surface area contributed by atoms with Gasteiger partial charge in [-0.3, -0.25) is 0 Å². The molecule has 0 amide bonds. The molecule has 1 heterocycles. The van der Waals surface area contributed by atoms with Crippen LogP contribution in [0.2, 0.25) is 0 Å². The Morgan fingerprint density at radius 1 is 0.870 bits per heavy atom. The van der Waals surface area contributed by atoms with Crippen LogP contribution in [0.3, 0.4) is 0 Å². The van der Waals surface area contributed by atoms with E-state index in [2.05, 4.69) is 0 Å². The maximum absolute atomic E-state index is 12.0. The minimum Gasteiger partial charge on any atom is -0.508 e. The number of aliphatic hydroxyl groups is 1. The largest absolute Gasteiger partial charge is 0.508 e. The highest BCUT2D eigenvalue weighted by Crippen LogP contribution is 2.34. The summed E-state index contributed by atoms with van der Waals surface area (Å²) in [7, 11) is 0. The highest BCUT2D eigenvalue weighted by atomic mass is 16.6. The van der Waals surface area contributed by atoms with Crippen LogP contribution >= 0.6 is 0 Å². The number of carbonyl (C=O) groups excluding carboxylic acids is 1. The number of benzene rings is 2. The van der Waals surface area contributed by atoms with Gasteiger partial charge in [-0.05, 0) is 41.5 Å². The van der Waals surface area contributed by atoms with Crippen LogP contribution in [0, 0.1) is 0 Å². The van der Waals surface area contributed by atoms with Gasteiger partial charge in [0.2, 0.25) is 0 Å². The first kappa shape index (κ1) is 14.5. The lowest BCUT2D eigenvalue weighted by Gasteiger charge is -2.01. The topological polar surface area (TPSA) is 107 Å². The Kier molecular flexibility index (Phi) is 3.42. The van der Waals surface area contributed by atoms with Gasteiger partial charge in [0.05, 0.1) is 0 Å². The van der Waals surface area contributed by atoms with Crippen LogP contribution in [0.25, 0.3) is 11.6 Å². The first-order valence-electron chi connectivity index (χ1n) is 6.64. The van der Waals surface area contributed by atoms with Gasteiger partial charge in [0.15, 0.2) is 23.0 Å². The molecule has 4 N–H and O–H groups in total. The van der Waals surface area contributed by atoms with Crippen LogP contribution in [0.15, 0.2) is 54.0 Å². The molecule has 23 heavy (non-hydrogen) atoms. The van der Waals surface area contributed by atoms with E-state index in [1.807, 2.05) is 0 Å². The Labute approximate surface area is 130 Å². The van der Waals surface area contributed by atoms with Gasteiger partial charge in [0, 0.05) is 0 Å². The standard InChI is InChI=1S/C17H12O6/c18-11-4-2-10(3-5-11)15-16(21)14(23-17(15)22)8-9-1-6-12(19)13(20)7-9/h1-8,18-21H/b14-8-. The van der Waals surface area contributed by atoms with Crippen molar-refractivity contribution in [3.8, 4) is 17.2 Å². The summed E-state index contributed by atoms with van der Waals surface area (Å²) in [5.74, 6) is -1.69. The summed E-state index contributed by atoms with van der Waals surface area (Å²) in [4.78, 5) is 12.0. The van der Waals surface area contributed by atoms with E-state index < -0.39 is 5.97 Å². The predicted octanol–water partition coefficient (Wildman–Crippen LogP) is 2.67. The molecule has 1 aliphatic heterocycles. The second-order valence-corrected chi connectivity index (χ2v) is 4.92. The number of cyclic esters (lactones) is 1. The van der Waals surface area contributed by atoms with Crippen molar-refractivity contribution >= 4 is 17.6 Å². The second kappa shape index (κ2) is 5.42. The van der Waals surface area contributed by atoms with Crippen molar-refractivity contribution in [2.75, 3.05) is 0 Å². The molecular formula is C17H12O6. The van der Waals surface area contributed by atoms with Gasteiger partial charge in [-0.25, -0.2) is 4.79 Å². The molecule has 0 saturated carbocycles. The van der Waals surface area contributed by atoms with Crippen LogP contribution in [0.5, 0.6) is 17.2 Å². The molecule has 3 rings (SSSR count). The molecular weight excluding hydrogens is 300 g/mol. The van der Waals surface area contributed by atoms with Crippen LogP contribution in [-0.4, -0.2) is 26.4 Å². The zero-order valence-electron chi connectivity index (χ0n) is 11.7. The lowest BCUT2D eigenvalue weighted by Crippen LogP contribution is -1.98. The van der Waals surface area contributed by atoms with Gasteiger partial charge in [0.1, 0.15) is 11.3 Å². The maximum atomic E-state index is 12.0. The van der Waals surface area contributed by atoms with E-state index in [-0.39, 0.29) is 34.3 Å². The third-order valence-corrected chi connectivity index (χ3v) is 3.33. The molecule has 0 bridgehead atoms. The maximum Gasteiger partial charge on any atom is 0.348 e. The molecule has 6 heteroatoms. The third kappa shape index (κ3) is 2.69. The summed E-state index contributed by atoms with van der Waals surface area (Å²) in [5.41, 5.74) is 0.822. The number of hydrogen-bond acceptors (Lipinski definition) is 6. The molecule has 1 aliphatic rings. The molecule has 116 valence electrons. The molecule has 0 fully saturated rings. The molecule has 2 aromatic carbocycles. The first-order valence-corrected chi connectivity index (χ1v) is 6.64. The third-order valence-electron chi connectivity index (χ3n) is 3.33. The SMILES string of the molecule is O=C1O/C(=C\c2ccc(O)c(O)c2)C(O)=C1c1ccc(O)cc1. The Morgan fingerprint density at radius 2 is 1.57 bits per heavy atom. The minimum absolute atomic E-state index is 0.0146. The van der Waals surface area contributed by atoms with Gasteiger partial charge in [-0.1, -0.05) is 18.2 Å². The predicted molar refractivity (Wildman–Crippen MR) is 81.5 cm³/mol. The highest BCUT2D eigenvalue weighted by molar-refractivity contribution is 6.20. The average molecular weight is 312 g/mol. The number of phenolic OH excluding ortho intramolecular Hbond substituents is 3. The smallest absolute Gasteiger partial charge is 0.348 e. The van der Waals surface area contributed by atoms with Crippen LogP contribution in [0.4, 0.5) is 0 Å². The molecule has 2 aromatic rings. The molecule has 0 radical (unpaired) electrons. The fourth-order valence-electron chi connectivity index (χ4n) is 2.18. The van der Waals surface area contributed by atoms with Crippen molar-refractivity contribution in [3.05, 3.63) is 65.1 Å².